The van der Waals surface area contributed by atoms with Crippen LogP contribution in [0.15, 0.2) is 17.0 Å². The maximum Gasteiger partial charge on any atom is 0.141 e. The van der Waals surface area contributed by atoms with Crippen molar-refractivity contribution in [1.82, 2.24) is 9.97 Å². The molecule has 0 unspecified atom stereocenters. The molecule has 0 aliphatic heterocycles. The van der Waals surface area contributed by atoms with Crippen LogP contribution in [-0.2, 0) is 9.22 Å². The van der Waals surface area contributed by atoms with E-state index in [-0.39, 0.29) is 0 Å². The van der Waals surface area contributed by atoms with Crippen LogP contribution >= 0.6 is 12.0 Å². The van der Waals surface area contributed by atoms with Gasteiger partial charge in [-0.2, -0.15) is 4.33 Å². The summed E-state index contributed by atoms with van der Waals surface area (Å²) in [7, 11) is 1.36. The molecule has 0 bridgehead atoms. The third-order valence-electron chi connectivity index (χ3n) is 2.32. The molecule has 0 atom stereocenters. The summed E-state index contributed by atoms with van der Waals surface area (Å²) in [6, 6.07) is 2.93. The summed E-state index contributed by atoms with van der Waals surface area (Å²) in [4.78, 5) is 13.4. The molecule has 2 rings (SSSR count). The Morgan fingerprint density at radius 2 is 1.71 bits per heavy atom. The average molecular weight is 254 g/mol. The van der Waals surface area contributed by atoms with E-state index in [0.29, 0.717) is 15.9 Å². The van der Waals surface area contributed by atoms with Crippen LogP contribution in [0.5, 0.6) is 0 Å². The predicted molar refractivity (Wildman–Crippen MR) is 62.9 cm³/mol. The van der Waals surface area contributed by atoms with Crippen molar-refractivity contribution in [3.05, 3.63) is 29.3 Å². The summed E-state index contributed by atoms with van der Waals surface area (Å²) < 4.78 is 18.3. The van der Waals surface area contributed by atoms with E-state index in [4.69, 9.17) is 0 Å². The molecule has 0 saturated heterocycles. The van der Waals surface area contributed by atoms with Crippen molar-refractivity contribution in [1.29, 1.82) is 0 Å². The minimum Gasteiger partial charge on any atom is -0.250 e. The summed E-state index contributed by atoms with van der Waals surface area (Å²) in [5, 5.41) is 0. The van der Waals surface area contributed by atoms with Gasteiger partial charge in [-0.1, -0.05) is 0 Å². The maximum absolute atomic E-state index is 13.7. The lowest BCUT2D eigenvalue weighted by atomic mass is 10.2. The fourth-order valence-electron chi connectivity index (χ4n) is 1.37. The number of hydrogen-bond donors (Lipinski definition) is 0. The molecule has 4 nitrogen and oxygen atoms in total. The molecule has 1 heterocycles. The molecule has 0 saturated carbocycles. The van der Waals surface area contributed by atoms with Gasteiger partial charge < -0.3 is 0 Å². The number of rotatable bonds is 3. The van der Waals surface area contributed by atoms with Crippen LogP contribution in [0.3, 0.4) is 0 Å². The Labute approximate surface area is 102 Å². The van der Waals surface area contributed by atoms with Gasteiger partial charge in [0.1, 0.15) is 5.82 Å². The Morgan fingerprint density at radius 3 is 2.29 bits per heavy atom. The highest BCUT2D eigenvalue weighted by atomic mass is 32.2. The number of fused-ring (bicyclic) bond motifs is 1. The van der Waals surface area contributed by atoms with Gasteiger partial charge in [-0.15, -0.1) is 0 Å². The van der Waals surface area contributed by atoms with E-state index in [1.54, 1.807) is 6.07 Å². The van der Waals surface area contributed by atoms with E-state index < -0.39 is 5.82 Å². The van der Waals surface area contributed by atoms with E-state index in [1.165, 1.54) is 13.2 Å². The minimum atomic E-state index is -0.405. The second-order valence-electron chi connectivity index (χ2n) is 3.48. The van der Waals surface area contributed by atoms with Gasteiger partial charge in [-0.05, 0) is 19.9 Å². The number of halogens is 1. The number of aromatic nitrogens is 2. The highest BCUT2D eigenvalue weighted by molar-refractivity contribution is 7.94. The molecule has 0 fully saturated rings. The number of hydrogen-bond acceptors (Lipinski definition) is 5. The van der Waals surface area contributed by atoms with Crippen LogP contribution in [0.1, 0.15) is 11.4 Å². The van der Waals surface area contributed by atoms with Crippen molar-refractivity contribution in [3.8, 4) is 0 Å². The number of benzene rings is 1. The minimum absolute atomic E-state index is 0.317. The van der Waals surface area contributed by atoms with Crippen LogP contribution in [-0.4, -0.2) is 17.1 Å². The van der Waals surface area contributed by atoms with Gasteiger partial charge in [0.25, 0.3) is 0 Å². The Balaban J connectivity index is 2.51. The molecule has 90 valence electrons. The highest BCUT2D eigenvalue weighted by Crippen LogP contribution is 2.26. The highest BCUT2D eigenvalue weighted by Gasteiger charge is 2.09. The molecule has 1 aromatic heterocycles. The second-order valence-corrected chi connectivity index (χ2v) is 4.23. The van der Waals surface area contributed by atoms with Crippen LogP contribution in [0.25, 0.3) is 11.0 Å². The molecule has 0 amide bonds. The van der Waals surface area contributed by atoms with Crippen LogP contribution in [0.2, 0.25) is 0 Å². The van der Waals surface area contributed by atoms with Gasteiger partial charge in [0.15, 0.2) is 0 Å². The zero-order chi connectivity index (χ0) is 12.4. The number of aryl methyl sites for hydroxylation is 2. The van der Waals surface area contributed by atoms with E-state index >= 15 is 0 Å². The van der Waals surface area contributed by atoms with Crippen LogP contribution in [0, 0.1) is 19.7 Å². The molecule has 17 heavy (non-hydrogen) atoms. The topological polar surface area (TPSA) is 44.2 Å². The van der Waals surface area contributed by atoms with E-state index in [9.17, 15) is 4.39 Å². The first-order valence-corrected chi connectivity index (χ1v) is 5.68. The Bertz CT molecular complexity index is 563. The fraction of sp³-hybridized carbons (Fsp3) is 0.273. The summed E-state index contributed by atoms with van der Waals surface area (Å²) >= 11 is 0.807. The van der Waals surface area contributed by atoms with E-state index in [1.807, 2.05) is 13.8 Å². The van der Waals surface area contributed by atoms with Crippen molar-refractivity contribution in [3.63, 3.8) is 0 Å². The molecule has 2 aromatic rings. The van der Waals surface area contributed by atoms with E-state index in [0.717, 1.165) is 23.4 Å². The van der Waals surface area contributed by atoms with Gasteiger partial charge in [0.2, 0.25) is 0 Å². The molecule has 0 spiro atoms. The molecule has 0 aliphatic rings. The third kappa shape index (κ3) is 2.54. The zero-order valence-corrected chi connectivity index (χ0v) is 10.5. The summed E-state index contributed by atoms with van der Waals surface area (Å²) in [5.74, 6) is -0.405. The van der Waals surface area contributed by atoms with Crippen molar-refractivity contribution in [2.24, 2.45) is 0 Å². The predicted octanol–water partition coefficient (Wildman–Crippen LogP) is 2.97. The molecule has 6 heteroatoms. The monoisotopic (exact) mass is 254 g/mol. The fourth-order valence-corrected chi connectivity index (χ4v) is 1.81. The lowest BCUT2D eigenvalue weighted by molar-refractivity contribution is -0.160. The van der Waals surface area contributed by atoms with Crippen molar-refractivity contribution in [2.75, 3.05) is 7.11 Å². The first-order chi connectivity index (χ1) is 8.11. The second kappa shape index (κ2) is 4.95. The molecule has 0 aliphatic carbocycles. The lowest BCUT2D eigenvalue weighted by Crippen LogP contribution is -1.95. The first-order valence-electron chi connectivity index (χ1n) is 4.93. The Hall–Kier alpha value is -1.24. The van der Waals surface area contributed by atoms with Crippen molar-refractivity contribution >= 4 is 23.1 Å². The Kier molecular flexibility index (Phi) is 3.56. The zero-order valence-electron chi connectivity index (χ0n) is 9.65. The third-order valence-corrected chi connectivity index (χ3v) is 3.02. The van der Waals surface area contributed by atoms with Gasteiger partial charge in [-0.3, -0.25) is 0 Å². The largest absolute Gasteiger partial charge is 0.250 e. The van der Waals surface area contributed by atoms with Gasteiger partial charge in [0, 0.05) is 6.07 Å². The molecular formula is C11H11FN2O2S. The van der Waals surface area contributed by atoms with Crippen LogP contribution in [0.4, 0.5) is 4.39 Å². The normalized spacial score (nSPS) is 11.1. The summed E-state index contributed by atoms with van der Waals surface area (Å²) in [6.45, 7) is 3.71. The van der Waals surface area contributed by atoms with Gasteiger partial charge >= 0.3 is 0 Å². The molecular weight excluding hydrogens is 243 g/mol. The Morgan fingerprint density at radius 1 is 1.12 bits per heavy atom. The smallest absolute Gasteiger partial charge is 0.141 e. The quantitative estimate of drug-likeness (QED) is 0.478. The van der Waals surface area contributed by atoms with Gasteiger partial charge in [0.05, 0.1) is 46.5 Å². The SMILES string of the molecule is COOSc1cc2nc(C)c(C)nc2cc1F. The summed E-state index contributed by atoms with van der Waals surface area (Å²) in [6.07, 6.45) is 0. The standard InChI is InChI=1S/C11H11FN2O2S/c1-6-7(2)14-10-5-11(17-16-15-3)8(12)4-9(10)13-6/h4-5H,1-3H3. The van der Waals surface area contributed by atoms with Gasteiger partial charge in [-0.25, -0.2) is 19.2 Å². The molecule has 0 N–H and O–H groups in total. The maximum atomic E-state index is 13.7. The molecule has 0 radical (unpaired) electrons. The van der Waals surface area contributed by atoms with Crippen LogP contribution < -0.4 is 0 Å². The molecule has 1 aromatic carbocycles. The number of nitrogens with zero attached hydrogens (tertiary/aromatic N) is 2. The van der Waals surface area contributed by atoms with E-state index in [2.05, 4.69) is 19.2 Å². The lowest BCUT2D eigenvalue weighted by Gasteiger charge is -2.05. The van der Waals surface area contributed by atoms with Crippen molar-refractivity contribution in [2.45, 2.75) is 18.7 Å². The average Bonchev–Trinajstić information content (AvgIpc) is 2.29. The first kappa shape index (κ1) is 12.2. The summed E-state index contributed by atoms with van der Waals surface area (Å²) in [5.41, 5.74) is 2.79. The van der Waals surface area contributed by atoms with Crippen molar-refractivity contribution < 1.29 is 13.6 Å².